The van der Waals surface area contributed by atoms with Crippen molar-refractivity contribution in [2.45, 2.75) is 25.9 Å². The number of fused-ring (bicyclic) bond motifs is 1. The number of rotatable bonds is 2. The Morgan fingerprint density at radius 3 is 3.19 bits per heavy atom. The van der Waals surface area contributed by atoms with E-state index in [-0.39, 0.29) is 11.7 Å². The fourth-order valence-electron chi connectivity index (χ4n) is 1.76. The molecule has 1 N–H and O–H groups in total. The predicted molar refractivity (Wildman–Crippen MR) is 57.5 cm³/mol. The summed E-state index contributed by atoms with van der Waals surface area (Å²) < 4.78 is 10.4. The molecule has 0 saturated heterocycles. The van der Waals surface area contributed by atoms with Crippen LogP contribution < -0.4 is 4.74 Å². The molecule has 0 aliphatic carbocycles. The maximum absolute atomic E-state index is 11.5. The van der Waals surface area contributed by atoms with Crippen molar-refractivity contribution in [3.8, 4) is 11.5 Å². The van der Waals surface area contributed by atoms with Crippen molar-refractivity contribution in [1.82, 2.24) is 0 Å². The second-order valence-corrected chi connectivity index (χ2v) is 3.69. The van der Waals surface area contributed by atoms with Crippen LogP contribution in [0, 0.1) is 0 Å². The quantitative estimate of drug-likeness (QED) is 0.773. The Labute approximate surface area is 93.8 Å². The summed E-state index contributed by atoms with van der Waals surface area (Å²) in [7, 11) is 0. The molecule has 0 aromatic heterocycles. The molecule has 0 amide bonds. The molecular weight excluding hydrogens is 208 g/mol. The first-order valence-corrected chi connectivity index (χ1v) is 5.36. The highest BCUT2D eigenvalue weighted by Crippen LogP contribution is 2.31. The van der Waals surface area contributed by atoms with Gasteiger partial charge in [-0.05, 0) is 31.4 Å². The molecule has 4 nitrogen and oxygen atoms in total. The van der Waals surface area contributed by atoms with Gasteiger partial charge < -0.3 is 14.6 Å². The van der Waals surface area contributed by atoms with Gasteiger partial charge in [-0.15, -0.1) is 0 Å². The van der Waals surface area contributed by atoms with Crippen LogP contribution in [0.2, 0.25) is 0 Å². The lowest BCUT2D eigenvalue weighted by Crippen LogP contribution is -2.32. The maximum Gasteiger partial charge on any atom is 0.347 e. The number of phenolic OH excluding ortho intramolecular Hbond substituents is 1. The molecule has 2 rings (SSSR count). The lowest BCUT2D eigenvalue weighted by molar-refractivity contribution is -0.152. The molecule has 0 bridgehead atoms. The van der Waals surface area contributed by atoms with E-state index in [1.54, 1.807) is 13.0 Å². The number of aromatic hydroxyl groups is 1. The number of aryl methyl sites for hydroxylation is 1. The minimum absolute atomic E-state index is 0.142. The SMILES string of the molecule is CCOC(=O)C1CCc2ccc(O)cc2O1. The molecule has 1 aliphatic rings. The number of benzene rings is 1. The third-order valence-electron chi connectivity index (χ3n) is 2.55. The van der Waals surface area contributed by atoms with Crippen molar-refractivity contribution < 1.29 is 19.4 Å². The van der Waals surface area contributed by atoms with Gasteiger partial charge >= 0.3 is 5.97 Å². The number of hydrogen-bond acceptors (Lipinski definition) is 4. The molecule has 0 spiro atoms. The van der Waals surface area contributed by atoms with E-state index in [1.165, 1.54) is 6.07 Å². The fourth-order valence-corrected chi connectivity index (χ4v) is 1.76. The molecular formula is C12H14O4. The minimum atomic E-state index is -0.547. The molecule has 4 heteroatoms. The lowest BCUT2D eigenvalue weighted by Gasteiger charge is -2.24. The molecule has 1 unspecified atom stereocenters. The topological polar surface area (TPSA) is 55.8 Å². The smallest absolute Gasteiger partial charge is 0.347 e. The van der Waals surface area contributed by atoms with Crippen molar-refractivity contribution in [3.05, 3.63) is 23.8 Å². The van der Waals surface area contributed by atoms with Gasteiger partial charge in [0, 0.05) is 6.07 Å². The Hall–Kier alpha value is -1.71. The Kier molecular flexibility index (Phi) is 2.99. The largest absolute Gasteiger partial charge is 0.508 e. The van der Waals surface area contributed by atoms with E-state index < -0.39 is 6.10 Å². The minimum Gasteiger partial charge on any atom is -0.508 e. The van der Waals surface area contributed by atoms with Crippen molar-refractivity contribution in [2.24, 2.45) is 0 Å². The van der Waals surface area contributed by atoms with Crippen LogP contribution in [0.15, 0.2) is 18.2 Å². The first kappa shape index (κ1) is 10.8. The van der Waals surface area contributed by atoms with Crippen LogP contribution in [0.5, 0.6) is 11.5 Å². The molecule has 1 heterocycles. The number of esters is 1. The van der Waals surface area contributed by atoms with Crippen molar-refractivity contribution >= 4 is 5.97 Å². The number of hydrogen-bond donors (Lipinski definition) is 1. The average Bonchev–Trinajstić information content (AvgIpc) is 2.28. The Morgan fingerprint density at radius 2 is 2.44 bits per heavy atom. The fraction of sp³-hybridized carbons (Fsp3) is 0.417. The molecule has 86 valence electrons. The summed E-state index contributed by atoms with van der Waals surface area (Å²) >= 11 is 0. The molecule has 0 fully saturated rings. The Bertz CT molecular complexity index is 400. The number of carbonyl (C=O) groups excluding carboxylic acids is 1. The first-order chi connectivity index (χ1) is 7.70. The average molecular weight is 222 g/mol. The normalized spacial score (nSPS) is 18.4. The summed E-state index contributed by atoms with van der Waals surface area (Å²) in [4.78, 5) is 11.5. The Balaban J connectivity index is 2.13. The van der Waals surface area contributed by atoms with E-state index >= 15 is 0 Å². The molecule has 1 aliphatic heterocycles. The molecule has 0 radical (unpaired) electrons. The highest BCUT2D eigenvalue weighted by Gasteiger charge is 2.27. The Morgan fingerprint density at radius 1 is 1.62 bits per heavy atom. The van der Waals surface area contributed by atoms with Crippen LogP contribution in [0.3, 0.4) is 0 Å². The molecule has 16 heavy (non-hydrogen) atoms. The third kappa shape index (κ3) is 2.10. The zero-order valence-electron chi connectivity index (χ0n) is 9.10. The highest BCUT2D eigenvalue weighted by atomic mass is 16.6. The second-order valence-electron chi connectivity index (χ2n) is 3.69. The van der Waals surface area contributed by atoms with Gasteiger partial charge in [0.2, 0.25) is 0 Å². The summed E-state index contributed by atoms with van der Waals surface area (Å²) in [6.07, 6.45) is 0.838. The van der Waals surface area contributed by atoms with Gasteiger partial charge in [-0.3, -0.25) is 0 Å². The summed E-state index contributed by atoms with van der Waals surface area (Å²) in [6, 6.07) is 4.96. The van der Waals surface area contributed by atoms with Crippen LogP contribution >= 0.6 is 0 Å². The van der Waals surface area contributed by atoms with Crippen molar-refractivity contribution in [1.29, 1.82) is 0 Å². The summed E-state index contributed by atoms with van der Waals surface area (Å²) in [5.41, 5.74) is 1.01. The molecule has 1 atom stereocenters. The standard InChI is InChI=1S/C12H14O4/c1-2-15-12(14)10-6-4-8-3-5-9(13)7-11(8)16-10/h3,5,7,10,13H,2,4,6H2,1H3. The van der Waals surface area contributed by atoms with E-state index in [1.807, 2.05) is 6.07 Å². The van der Waals surface area contributed by atoms with E-state index in [0.29, 0.717) is 18.8 Å². The zero-order valence-corrected chi connectivity index (χ0v) is 9.10. The zero-order chi connectivity index (χ0) is 11.5. The molecule has 0 saturated carbocycles. The van der Waals surface area contributed by atoms with Crippen molar-refractivity contribution in [2.75, 3.05) is 6.61 Å². The van der Waals surface area contributed by atoms with Gasteiger partial charge in [-0.25, -0.2) is 4.79 Å². The van der Waals surface area contributed by atoms with E-state index in [4.69, 9.17) is 9.47 Å². The van der Waals surface area contributed by atoms with Gasteiger partial charge in [0.05, 0.1) is 6.61 Å². The summed E-state index contributed by atoms with van der Waals surface area (Å²) in [5.74, 6) is 0.379. The van der Waals surface area contributed by atoms with E-state index in [9.17, 15) is 9.90 Å². The number of ether oxygens (including phenoxy) is 2. The van der Waals surface area contributed by atoms with Crippen LogP contribution in [0.4, 0.5) is 0 Å². The van der Waals surface area contributed by atoms with Crippen LogP contribution in [0.1, 0.15) is 18.9 Å². The molecule has 1 aromatic rings. The lowest BCUT2D eigenvalue weighted by atomic mass is 10.0. The van der Waals surface area contributed by atoms with Gasteiger partial charge in [0.1, 0.15) is 11.5 Å². The predicted octanol–water partition coefficient (Wildman–Crippen LogP) is 1.65. The van der Waals surface area contributed by atoms with Gasteiger partial charge in [0.15, 0.2) is 6.10 Å². The van der Waals surface area contributed by atoms with Gasteiger partial charge in [-0.1, -0.05) is 6.07 Å². The monoisotopic (exact) mass is 222 g/mol. The molecule has 1 aromatic carbocycles. The van der Waals surface area contributed by atoms with E-state index in [2.05, 4.69) is 0 Å². The third-order valence-corrected chi connectivity index (χ3v) is 2.55. The highest BCUT2D eigenvalue weighted by molar-refractivity contribution is 5.75. The second kappa shape index (κ2) is 4.43. The first-order valence-electron chi connectivity index (χ1n) is 5.36. The maximum atomic E-state index is 11.5. The van der Waals surface area contributed by atoms with E-state index in [0.717, 1.165) is 12.0 Å². The van der Waals surface area contributed by atoms with Crippen LogP contribution in [0.25, 0.3) is 0 Å². The van der Waals surface area contributed by atoms with Crippen LogP contribution in [-0.2, 0) is 16.0 Å². The van der Waals surface area contributed by atoms with Gasteiger partial charge in [0.25, 0.3) is 0 Å². The van der Waals surface area contributed by atoms with Crippen molar-refractivity contribution in [3.63, 3.8) is 0 Å². The van der Waals surface area contributed by atoms with Crippen LogP contribution in [-0.4, -0.2) is 23.8 Å². The summed E-state index contributed by atoms with van der Waals surface area (Å²) in [5, 5.41) is 9.32. The number of phenols is 1. The summed E-state index contributed by atoms with van der Waals surface area (Å²) in [6.45, 7) is 2.12. The number of carbonyl (C=O) groups is 1. The van der Waals surface area contributed by atoms with Gasteiger partial charge in [-0.2, -0.15) is 0 Å².